The van der Waals surface area contributed by atoms with Crippen LogP contribution in [0.5, 0.6) is 0 Å². The van der Waals surface area contributed by atoms with Crippen molar-refractivity contribution >= 4 is 0 Å². The summed E-state index contributed by atoms with van der Waals surface area (Å²) in [4.78, 5) is 2.93. The van der Waals surface area contributed by atoms with Crippen LogP contribution in [0.15, 0.2) is 18.5 Å². The van der Waals surface area contributed by atoms with Gasteiger partial charge < -0.3 is 15.4 Å². The Labute approximate surface area is 60.1 Å². The molecule has 1 heterocycles. The lowest BCUT2D eigenvalue weighted by Gasteiger charge is -2.09. The van der Waals surface area contributed by atoms with E-state index in [1.165, 1.54) is 0 Å². The van der Waals surface area contributed by atoms with Crippen molar-refractivity contribution in [1.82, 2.24) is 10.3 Å². The molecule has 0 saturated carbocycles. The lowest BCUT2D eigenvalue weighted by Crippen LogP contribution is -2.19. The third-order valence-electron chi connectivity index (χ3n) is 1.56. The molecule has 0 radical (unpaired) electrons. The fraction of sp³-hybridized carbons (Fsp3) is 0.429. The maximum atomic E-state index is 8.82. The first-order valence-electron chi connectivity index (χ1n) is 3.29. The highest BCUT2D eigenvalue weighted by molar-refractivity contribution is 5.13. The predicted octanol–water partition coefficient (Wildman–Crippen LogP) is 0.268. The van der Waals surface area contributed by atoms with E-state index >= 15 is 0 Å². The quantitative estimate of drug-likeness (QED) is 0.564. The average molecular weight is 140 g/mol. The molecule has 0 aliphatic rings. The van der Waals surface area contributed by atoms with Crippen LogP contribution in [0.3, 0.4) is 0 Å². The predicted molar refractivity (Wildman–Crippen MR) is 39.7 cm³/mol. The van der Waals surface area contributed by atoms with Gasteiger partial charge in [0.05, 0.1) is 12.6 Å². The van der Waals surface area contributed by atoms with Gasteiger partial charge in [0.25, 0.3) is 0 Å². The Morgan fingerprint density at radius 1 is 1.80 bits per heavy atom. The lowest BCUT2D eigenvalue weighted by molar-refractivity contribution is 0.251. The zero-order valence-corrected chi connectivity index (χ0v) is 5.96. The van der Waals surface area contributed by atoms with Gasteiger partial charge in [0, 0.05) is 12.4 Å². The molecule has 56 valence electrons. The Kier molecular flexibility index (Phi) is 2.48. The average Bonchev–Trinajstić information content (AvgIpc) is 2.43. The molecule has 0 aliphatic carbocycles. The van der Waals surface area contributed by atoms with E-state index in [2.05, 4.69) is 10.3 Å². The standard InChI is InChI=1S/C7H12N2O/c1-8-7(5-10)6-2-3-9-4-6/h2-4,7-10H,5H2,1H3. The van der Waals surface area contributed by atoms with Gasteiger partial charge in [-0.1, -0.05) is 0 Å². The van der Waals surface area contributed by atoms with Crippen molar-refractivity contribution in [3.05, 3.63) is 24.0 Å². The lowest BCUT2D eigenvalue weighted by atomic mass is 10.2. The number of aromatic amines is 1. The summed E-state index contributed by atoms with van der Waals surface area (Å²) in [7, 11) is 1.83. The molecule has 0 aromatic carbocycles. The Bertz CT molecular complexity index is 168. The third-order valence-corrected chi connectivity index (χ3v) is 1.56. The van der Waals surface area contributed by atoms with E-state index in [1.807, 2.05) is 25.5 Å². The van der Waals surface area contributed by atoms with Crippen LogP contribution in [-0.2, 0) is 0 Å². The summed E-state index contributed by atoms with van der Waals surface area (Å²) in [5.41, 5.74) is 1.09. The highest BCUT2D eigenvalue weighted by atomic mass is 16.3. The molecule has 0 spiro atoms. The number of likely N-dealkylation sites (N-methyl/N-ethyl adjacent to an activating group) is 1. The van der Waals surface area contributed by atoms with E-state index in [0.717, 1.165) is 5.56 Å². The molecule has 0 fully saturated rings. The van der Waals surface area contributed by atoms with Crippen LogP contribution in [-0.4, -0.2) is 23.7 Å². The molecule has 1 rings (SSSR count). The van der Waals surface area contributed by atoms with Crippen molar-refractivity contribution in [2.24, 2.45) is 0 Å². The van der Waals surface area contributed by atoms with Crippen molar-refractivity contribution in [2.45, 2.75) is 6.04 Å². The van der Waals surface area contributed by atoms with Crippen LogP contribution >= 0.6 is 0 Å². The highest BCUT2D eigenvalue weighted by Gasteiger charge is 2.05. The Morgan fingerprint density at radius 2 is 2.60 bits per heavy atom. The van der Waals surface area contributed by atoms with E-state index in [-0.39, 0.29) is 12.6 Å². The highest BCUT2D eigenvalue weighted by Crippen LogP contribution is 2.08. The zero-order chi connectivity index (χ0) is 7.40. The van der Waals surface area contributed by atoms with E-state index in [9.17, 15) is 0 Å². The number of rotatable bonds is 3. The minimum atomic E-state index is 0.0613. The monoisotopic (exact) mass is 140 g/mol. The maximum absolute atomic E-state index is 8.82. The van der Waals surface area contributed by atoms with Crippen molar-refractivity contribution in [3.63, 3.8) is 0 Å². The van der Waals surface area contributed by atoms with Crippen LogP contribution in [0.25, 0.3) is 0 Å². The van der Waals surface area contributed by atoms with Crippen molar-refractivity contribution in [3.8, 4) is 0 Å². The third kappa shape index (κ3) is 1.37. The number of nitrogens with one attached hydrogen (secondary N) is 2. The molecule has 3 nitrogen and oxygen atoms in total. The fourth-order valence-electron chi connectivity index (χ4n) is 0.917. The normalized spacial score (nSPS) is 13.4. The van der Waals surface area contributed by atoms with Gasteiger partial charge in [-0.15, -0.1) is 0 Å². The second kappa shape index (κ2) is 3.39. The van der Waals surface area contributed by atoms with Crippen LogP contribution in [0.1, 0.15) is 11.6 Å². The summed E-state index contributed by atoms with van der Waals surface area (Å²) in [6.07, 6.45) is 3.72. The van der Waals surface area contributed by atoms with Crippen LogP contribution in [0, 0.1) is 0 Å². The van der Waals surface area contributed by atoms with E-state index in [0.29, 0.717) is 0 Å². The van der Waals surface area contributed by atoms with Crippen LogP contribution < -0.4 is 5.32 Å². The summed E-state index contributed by atoms with van der Waals surface area (Å²) < 4.78 is 0. The molecule has 1 atom stereocenters. The minimum Gasteiger partial charge on any atom is -0.394 e. The van der Waals surface area contributed by atoms with E-state index < -0.39 is 0 Å². The summed E-state index contributed by atoms with van der Waals surface area (Å²) >= 11 is 0. The first kappa shape index (κ1) is 7.31. The number of hydrogen-bond acceptors (Lipinski definition) is 2. The number of aliphatic hydroxyl groups excluding tert-OH is 1. The summed E-state index contributed by atoms with van der Waals surface area (Å²) in [5, 5.41) is 11.8. The fourth-order valence-corrected chi connectivity index (χ4v) is 0.917. The second-order valence-corrected chi connectivity index (χ2v) is 2.17. The van der Waals surface area contributed by atoms with E-state index in [1.54, 1.807) is 0 Å². The number of hydrogen-bond donors (Lipinski definition) is 3. The summed E-state index contributed by atoms with van der Waals surface area (Å²) in [6, 6.07) is 2.00. The van der Waals surface area contributed by atoms with Gasteiger partial charge in [0.2, 0.25) is 0 Å². The molecular weight excluding hydrogens is 128 g/mol. The molecule has 3 N–H and O–H groups in total. The molecule has 1 unspecified atom stereocenters. The first-order valence-corrected chi connectivity index (χ1v) is 3.29. The van der Waals surface area contributed by atoms with Crippen LogP contribution in [0.2, 0.25) is 0 Å². The topological polar surface area (TPSA) is 48.0 Å². The number of aromatic nitrogens is 1. The maximum Gasteiger partial charge on any atom is 0.0626 e. The van der Waals surface area contributed by atoms with Crippen molar-refractivity contribution < 1.29 is 5.11 Å². The zero-order valence-electron chi connectivity index (χ0n) is 5.96. The summed E-state index contributed by atoms with van der Waals surface area (Å²) in [6.45, 7) is 0.133. The van der Waals surface area contributed by atoms with Gasteiger partial charge in [-0.25, -0.2) is 0 Å². The Hall–Kier alpha value is -0.800. The molecule has 0 aliphatic heterocycles. The largest absolute Gasteiger partial charge is 0.394 e. The molecule has 0 amide bonds. The summed E-state index contributed by atoms with van der Waals surface area (Å²) in [5.74, 6) is 0. The molecule has 1 aromatic rings. The van der Waals surface area contributed by atoms with Gasteiger partial charge in [-0.3, -0.25) is 0 Å². The SMILES string of the molecule is CNC(CO)c1cc[nH]c1. The van der Waals surface area contributed by atoms with Gasteiger partial charge in [-0.2, -0.15) is 0 Å². The van der Waals surface area contributed by atoms with E-state index in [4.69, 9.17) is 5.11 Å². The van der Waals surface area contributed by atoms with Gasteiger partial charge >= 0.3 is 0 Å². The molecule has 0 saturated heterocycles. The molecule has 1 aromatic heterocycles. The minimum absolute atomic E-state index is 0.0613. The van der Waals surface area contributed by atoms with Crippen LogP contribution in [0.4, 0.5) is 0 Å². The van der Waals surface area contributed by atoms with Crippen molar-refractivity contribution in [1.29, 1.82) is 0 Å². The number of aliphatic hydroxyl groups is 1. The van der Waals surface area contributed by atoms with Gasteiger partial charge in [0.1, 0.15) is 0 Å². The molecule has 0 bridgehead atoms. The smallest absolute Gasteiger partial charge is 0.0626 e. The number of H-pyrrole nitrogens is 1. The van der Waals surface area contributed by atoms with Crippen molar-refractivity contribution in [2.75, 3.05) is 13.7 Å². The molecule has 3 heteroatoms. The Morgan fingerprint density at radius 3 is 3.00 bits per heavy atom. The molecule has 10 heavy (non-hydrogen) atoms. The molecular formula is C7H12N2O. The second-order valence-electron chi connectivity index (χ2n) is 2.17. The Balaban J connectivity index is 2.64. The van der Waals surface area contributed by atoms with Gasteiger partial charge in [0.15, 0.2) is 0 Å². The van der Waals surface area contributed by atoms with Gasteiger partial charge in [-0.05, 0) is 18.7 Å². The first-order chi connectivity index (χ1) is 4.88.